The van der Waals surface area contributed by atoms with Gasteiger partial charge in [-0.3, -0.25) is 4.79 Å². The molecule has 1 amide bonds. The highest BCUT2D eigenvalue weighted by atomic mass is 16.2. The van der Waals surface area contributed by atoms with Crippen molar-refractivity contribution < 1.29 is 4.79 Å². The normalized spacial score (nSPS) is 27.7. The van der Waals surface area contributed by atoms with Crippen molar-refractivity contribution in [3.63, 3.8) is 0 Å². The molecule has 2 rings (SSSR count). The summed E-state index contributed by atoms with van der Waals surface area (Å²) in [6.07, 6.45) is 8.40. The number of nitrogens with zero attached hydrogens (tertiary/aromatic N) is 1. The largest absolute Gasteiger partial charge is 0.341 e. The molecule has 0 spiro atoms. The molecule has 1 saturated heterocycles. The molecule has 1 aliphatic carbocycles. The van der Waals surface area contributed by atoms with Crippen LogP contribution in [0.5, 0.6) is 0 Å². The minimum Gasteiger partial charge on any atom is -0.341 e. The summed E-state index contributed by atoms with van der Waals surface area (Å²) in [6.45, 7) is 2.09. The van der Waals surface area contributed by atoms with E-state index >= 15 is 0 Å². The van der Waals surface area contributed by atoms with Gasteiger partial charge in [-0.1, -0.05) is 19.3 Å². The lowest BCUT2D eigenvalue weighted by atomic mass is 9.88. The number of rotatable bonds is 2. The second-order valence-corrected chi connectivity index (χ2v) is 5.28. The van der Waals surface area contributed by atoms with Crippen LogP contribution in [0.3, 0.4) is 0 Å². The molecule has 1 saturated carbocycles. The van der Waals surface area contributed by atoms with E-state index in [0.717, 1.165) is 25.9 Å². The quantitative estimate of drug-likeness (QED) is 0.775. The van der Waals surface area contributed by atoms with Crippen LogP contribution in [-0.2, 0) is 4.79 Å². The molecular weight excluding hydrogens is 200 g/mol. The first-order valence-electron chi connectivity index (χ1n) is 6.76. The highest BCUT2D eigenvalue weighted by Gasteiger charge is 2.28. The summed E-state index contributed by atoms with van der Waals surface area (Å²) < 4.78 is 0. The maximum absolute atomic E-state index is 12.3. The first-order valence-corrected chi connectivity index (χ1v) is 6.76. The minimum absolute atomic E-state index is 0.320. The van der Waals surface area contributed by atoms with Crippen LogP contribution in [0.25, 0.3) is 0 Å². The molecule has 0 bridgehead atoms. The Balaban J connectivity index is 1.86. The van der Waals surface area contributed by atoms with Crippen LogP contribution in [0.15, 0.2) is 0 Å². The summed E-state index contributed by atoms with van der Waals surface area (Å²) in [7, 11) is 1.99. The van der Waals surface area contributed by atoms with E-state index < -0.39 is 0 Å². The highest BCUT2D eigenvalue weighted by Crippen LogP contribution is 2.26. The van der Waals surface area contributed by atoms with Gasteiger partial charge in [-0.25, -0.2) is 0 Å². The van der Waals surface area contributed by atoms with E-state index in [1.165, 1.54) is 32.1 Å². The zero-order valence-corrected chi connectivity index (χ0v) is 10.4. The lowest BCUT2D eigenvalue weighted by Gasteiger charge is -2.35. The molecule has 1 atom stereocenters. The number of carbonyl (C=O) groups is 1. The maximum Gasteiger partial charge on any atom is 0.225 e. The molecule has 92 valence electrons. The van der Waals surface area contributed by atoms with Crippen LogP contribution in [0.1, 0.15) is 44.9 Å². The zero-order chi connectivity index (χ0) is 11.4. The predicted molar refractivity (Wildman–Crippen MR) is 65.2 cm³/mol. The molecule has 0 radical (unpaired) electrons. The molecular formula is C13H24N2O. The summed E-state index contributed by atoms with van der Waals surface area (Å²) in [5.74, 6) is 0.717. The Bertz CT molecular complexity index is 230. The number of nitrogens with one attached hydrogen (secondary N) is 1. The standard InChI is InChI=1S/C13H24N2O/c1-15(12-8-5-9-14-10-12)13(16)11-6-3-2-4-7-11/h11-12,14H,2-10H2,1H3/t12-/m1/s1. The third-order valence-corrected chi connectivity index (χ3v) is 4.12. The van der Waals surface area contributed by atoms with E-state index in [1.54, 1.807) is 0 Å². The number of piperidine rings is 1. The van der Waals surface area contributed by atoms with Crippen molar-refractivity contribution in [1.29, 1.82) is 0 Å². The number of amides is 1. The van der Waals surface area contributed by atoms with Gasteiger partial charge in [-0.05, 0) is 32.2 Å². The Kier molecular flexibility index (Phi) is 4.22. The molecule has 0 aromatic carbocycles. The first kappa shape index (κ1) is 11.9. The molecule has 16 heavy (non-hydrogen) atoms. The molecule has 3 heteroatoms. The van der Waals surface area contributed by atoms with E-state index in [2.05, 4.69) is 5.32 Å². The Morgan fingerprint density at radius 3 is 2.50 bits per heavy atom. The number of carbonyl (C=O) groups excluding carboxylic acids is 1. The SMILES string of the molecule is CN(C(=O)C1CCCCC1)[C@@H]1CCCNC1. The molecule has 1 aliphatic heterocycles. The number of likely N-dealkylation sites (N-methyl/N-ethyl adjacent to an activating group) is 1. The molecule has 0 unspecified atom stereocenters. The van der Waals surface area contributed by atoms with Crippen molar-refractivity contribution >= 4 is 5.91 Å². The third-order valence-electron chi connectivity index (χ3n) is 4.12. The molecule has 1 N–H and O–H groups in total. The van der Waals surface area contributed by atoms with Crippen molar-refractivity contribution in [2.45, 2.75) is 51.0 Å². The average molecular weight is 224 g/mol. The van der Waals surface area contributed by atoms with Crippen LogP contribution < -0.4 is 5.32 Å². The van der Waals surface area contributed by atoms with Crippen LogP contribution in [0.4, 0.5) is 0 Å². The topological polar surface area (TPSA) is 32.3 Å². The Morgan fingerprint density at radius 2 is 1.88 bits per heavy atom. The van der Waals surface area contributed by atoms with Crippen molar-refractivity contribution in [3.8, 4) is 0 Å². The summed E-state index contributed by atoms with van der Waals surface area (Å²) >= 11 is 0. The van der Waals surface area contributed by atoms with Crippen molar-refractivity contribution in [1.82, 2.24) is 10.2 Å². The fourth-order valence-electron chi connectivity index (χ4n) is 2.98. The van der Waals surface area contributed by atoms with Gasteiger partial charge in [-0.2, -0.15) is 0 Å². The monoisotopic (exact) mass is 224 g/mol. The Morgan fingerprint density at radius 1 is 1.12 bits per heavy atom. The molecule has 3 nitrogen and oxygen atoms in total. The first-order chi connectivity index (χ1) is 7.79. The molecule has 0 aromatic rings. The van der Waals surface area contributed by atoms with Gasteiger partial charge < -0.3 is 10.2 Å². The fourth-order valence-corrected chi connectivity index (χ4v) is 2.98. The van der Waals surface area contributed by atoms with Gasteiger partial charge in [0.2, 0.25) is 5.91 Å². The van der Waals surface area contributed by atoms with Crippen LogP contribution in [0.2, 0.25) is 0 Å². The van der Waals surface area contributed by atoms with E-state index in [9.17, 15) is 4.79 Å². The van der Waals surface area contributed by atoms with Gasteiger partial charge in [-0.15, -0.1) is 0 Å². The van der Waals surface area contributed by atoms with Crippen molar-refractivity contribution in [3.05, 3.63) is 0 Å². The second kappa shape index (κ2) is 5.67. The number of hydrogen-bond donors (Lipinski definition) is 1. The maximum atomic E-state index is 12.3. The molecule has 1 heterocycles. The van der Waals surface area contributed by atoms with Crippen LogP contribution in [0, 0.1) is 5.92 Å². The Hall–Kier alpha value is -0.570. The van der Waals surface area contributed by atoms with Gasteiger partial charge in [0.1, 0.15) is 0 Å². The summed E-state index contributed by atoms with van der Waals surface area (Å²) in [4.78, 5) is 14.3. The van der Waals surface area contributed by atoms with E-state index in [4.69, 9.17) is 0 Å². The van der Waals surface area contributed by atoms with Gasteiger partial charge >= 0.3 is 0 Å². The average Bonchev–Trinajstić information content (AvgIpc) is 2.39. The van der Waals surface area contributed by atoms with Gasteiger partial charge in [0.05, 0.1) is 0 Å². The Labute approximate surface area is 98.6 Å². The van der Waals surface area contributed by atoms with Crippen LogP contribution in [-0.4, -0.2) is 37.0 Å². The molecule has 2 aliphatic rings. The van der Waals surface area contributed by atoms with Gasteiger partial charge in [0.25, 0.3) is 0 Å². The third kappa shape index (κ3) is 2.76. The highest BCUT2D eigenvalue weighted by molar-refractivity contribution is 5.79. The fraction of sp³-hybridized carbons (Fsp3) is 0.923. The lowest BCUT2D eigenvalue weighted by Crippen LogP contribution is -2.48. The summed E-state index contributed by atoms with van der Waals surface area (Å²) in [5, 5.41) is 3.38. The number of hydrogen-bond acceptors (Lipinski definition) is 2. The predicted octanol–water partition coefficient (Wildman–Crippen LogP) is 1.78. The van der Waals surface area contributed by atoms with E-state index in [-0.39, 0.29) is 0 Å². The van der Waals surface area contributed by atoms with Crippen molar-refractivity contribution in [2.75, 3.05) is 20.1 Å². The zero-order valence-electron chi connectivity index (χ0n) is 10.4. The lowest BCUT2D eigenvalue weighted by molar-refractivity contribution is -0.137. The van der Waals surface area contributed by atoms with Gasteiger partial charge in [0, 0.05) is 25.6 Å². The van der Waals surface area contributed by atoms with Crippen LogP contribution >= 0.6 is 0 Å². The second-order valence-electron chi connectivity index (χ2n) is 5.28. The summed E-state index contributed by atoms with van der Waals surface area (Å²) in [5.41, 5.74) is 0. The molecule has 0 aromatic heterocycles. The smallest absolute Gasteiger partial charge is 0.225 e. The van der Waals surface area contributed by atoms with E-state index in [1.807, 2.05) is 11.9 Å². The van der Waals surface area contributed by atoms with Crippen molar-refractivity contribution in [2.24, 2.45) is 5.92 Å². The van der Waals surface area contributed by atoms with E-state index in [0.29, 0.717) is 17.9 Å². The minimum atomic E-state index is 0.320. The summed E-state index contributed by atoms with van der Waals surface area (Å²) in [6, 6.07) is 0.433. The van der Waals surface area contributed by atoms with Gasteiger partial charge in [0.15, 0.2) is 0 Å². The molecule has 2 fully saturated rings.